The van der Waals surface area contributed by atoms with Crippen LogP contribution in [0.4, 0.5) is 8.78 Å². The molecule has 1 aromatic carbocycles. The van der Waals surface area contributed by atoms with E-state index in [0.717, 1.165) is 18.6 Å². The van der Waals surface area contributed by atoms with Crippen molar-refractivity contribution >= 4 is 21.7 Å². The Balaban J connectivity index is 2.40. The van der Waals surface area contributed by atoms with Crippen molar-refractivity contribution in [2.24, 2.45) is 0 Å². The molecule has 2 nitrogen and oxygen atoms in total. The second-order valence-electron chi connectivity index (χ2n) is 3.63. The van der Waals surface area contributed by atoms with E-state index in [1.54, 1.807) is 6.08 Å². The van der Waals surface area contributed by atoms with E-state index < -0.39 is 23.0 Å². The van der Waals surface area contributed by atoms with Crippen LogP contribution in [0.15, 0.2) is 28.4 Å². The van der Waals surface area contributed by atoms with Crippen molar-refractivity contribution < 1.29 is 18.3 Å². The highest BCUT2D eigenvalue weighted by atomic mass is 79.9. The predicted molar refractivity (Wildman–Crippen MR) is 61.7 cm³/mol. The van der Waals surface area contributed by atoms with Crippen LogP contribution in [0.2, 0.25) is 0 Å². The first kappa shape index (κ1) is 12.2. The lowest BCUT2D eigenvalue weighted by atomic mass is 10.1. The Labute approximate surface area is 105 Å². The Morgan fingerprint density at radius 2 is 1.94 bits per heavy atom. The Hall–Kier alpha value is -1.23. The molecule has 0 amide bonds. The lowest BCUT2D eigenvalue weighted by Gasteiger charge is -2.14. The summed E-state index contributed by atoms with van der Waals surface area (Å²) in [5, 5.41) is 0. The number of Topliss-reactive ketones (excluding diaryl/α,β-unsaturated/α-hetero) is 1. The average Bonchev–Trinajstić information content (AvgIpc) is 2.28. The fourth-order valence-corrected chi connectivity index (χ4v) is 2.00. The summed E-state index contributed by atoms with van der Waals surface area (Å²) < 4.78 is 32.4. The number of ketones is 1. The van der Waals surface area contributed by atoms with Crippen LogP contribution in [0.5, 0.6) is 0 Å². The summed E-state index contributed by atoms with van der Waals surface area (Å²) >= 11 is 2.96. The molecule has 1 heterocycles. The van der Waals surface area contributed by atoms with E-state index in [2.05, 4.69) is 15.9 Å². The van der Waals surface area contributed by atoms with Crippen molar-refractivity contribution in [2.45, 2.75) is 12.8 Å². The molecule has 90 valence electrons. The summed E-state index contributed by atoms with van der Waals surface area (Å²) in [7, 11) is 0. The SMILES string of the molecule is O=C(C1=CCCCO1)c1c(F)cc(Br)cc1F. The Kier molecular flexibility index (Phi) is 3.57. The number of allylic oxidation sites excluding steroid dienone is 2. The molecule has 0 saturated heterocycles. The fourth-order valence-electron chi connectivity index (χ4n) is 1.60. The molecular weight excluding hydrogens is 294 g/mol. The number of halogens is 3. The summed E-state index contributed by atoms with van der Waals surface area (Å²) in [5.41, 5.74) is -0.568. The highest BCUT2D eigenvalue weighted by Gasteiger charge is 2.23. The van der Waals surface area contributed by atoms with E-state index in [9.17, 15) is 13.6 Å². The van der Waals surface area contributed by atoms with Gasteiger partial charge in [0.2, 0.25) is 5.78 Å². The first-order valence-electron chi connectivity index (χ1n) is 5.12. The standard InChI is InChI=1S/C12H9BrF2O2/c13-7-5-8(14)11(9(15)6-7)12(16)10-3-1-2-4-17-10/h3,5-6H,1-2,4H2. The number of ether oxygens (including phenoxy) is 1. The first-order chi connectivity index (χ1) is 8.09. The van der Waals surface area contributed by atoms with E-state index in [1.807, 2.05) is 0 Å². The predicted octanol–water partition coefficient (Wildman–Crippen LogP) is 3.60. The average molecular weight is 303 g/mol. The van der Waals surface area contributed by atoms with Crippen LogP contribution in [-0.4, -0.2) is 12.4 Å². The third-order valence-electron chi connectivity index (χ3n) is 2.39. The quantitative estimate of drug-likeness (QED) is 0.780. The fraction of sp³-hybridized carbons (Fsp3) is 0.250. The summed E-state index contributed by atoms with van der Waals surface area (Å²) in [6.45, 7) is 0.400. The Bertz CT molecular complexity index is 474. The van der Waals surface area contributed by atoms with Crippen molar-refractivity contribution in [1.29, 1.82) is 0 Å². The van der Waals surface area contributed by atoms with E-state index in [0.29, 0.717) is 13.0 Å². The molecule has 0 aromatic heterocycles. The van der Waals surface area contributed by atoms with E-state index >= 15 is 0 Å². The number of hydrogen-bond acceptors (Lipinski definition) is 2. The molecule has 17 heavy (non-hydrogen) atoms. The van der Waals surface area contributed by atoms with Gasteiger partial charge in [0.05, 0.1) is 12.2 Å². The molecule has 0 aliphatic carbocycles. The number of benzene rings is 1. The molecule has 0 saturated carbocycles. The second kappa shape index (κ2) is 4.96. The van der Waals surface area contributed by atoms with Gasteiger partial charge in [0.1, 0.15) is 11.6 Å². The molecule has 0 fully saturated rings. The van der Waals surface area contributed by atoms with Gasteiger partial charge >= 0.3 is 0 Å². The van der Waals surface area contributed by atoms with Gasteiger partial charge in [0.25, 0.3) is 0 Å². The monoisotopic (exact) mass is 302 g/mol. The van der Waals surface area contributed by atoms with E-state index in [4.69, 9.17) is 4.74 Å². The minimum Gasteiger partial charge on any atom is -0.490 e. The van der Waals surface area contributed by atoms with Crippen LogP contribution in [0.1, 0.15) is 23.2 Å². The number of carbonyl (C=O) groups excluding carboxylic acids is 1. The van der Waals surface area contributed by atoms with Gasteiger partial charge in [0.15, 0.2) is 5.76 Å². The molecule has 0 N–H and O–H groups in total. The van der Waals surface area contributed by atoms with Crippen LogP contribution in [0, 0.1) is 11.6 Å². The second-order valence-corrected chi connectivity index (χ2v) is 4.55. The first-order valence-corrected chi connectivity index (χ1v) is 5.91. The zero-order chi connectivity index (χ0) is 12.4. The van der Waals surface area contributed by atoms with Gasteiger partial charge in [-0.3, -0.25) is 4.79 Å². The maximum absolute atomic E-state index is 13.5. The van der Waals surface area contributed by atoms with Gasteiger partial charge in [-0.05, 0) is 31.1 Å². The molecule has 0 spiro atoms. The molecule has 1 aliphatic rings. The van der Waals surface area contributed by atoms with Gasteiger partial charge in [-0.25, -0.2) is 8.78 Å². The van der Waals surface area contributed by atoms with E-state index in [1.165, 1.54) is 0 Å². The Morgan fingerprint density at radius 1 is 1.29 bits per heavy atom. The molecule has 0 radical (unpaired) electrons. The van der Waals surface area contributed by atoms with E-state index in [-0.39, 0.29) is 10.2 Å². The van der Waals surface area contributed by atoms with Gasteiger partial charge in [-0.2, -0.15) is 0 Å². The minimum absolute atomic E-state index is 0.0244. The zero-order valence-corrected chi connectivity index (χ0v) is 10.4. The summed E-state index contributed by atoms with van der Waals surface area (Å²) in [4.78, 5) is 11.9. The van der Waals surface area contributed by atoms with Gasteiger partial charge in [0, 0.05) is 4.47 Å². The zero-order valence-electron chi connectivity index (χ0n) is 8.80. The summed E-state index contributed by atoms with van der Waals surface area (Å²) in [5.74, 6) is -2.50. The molecule has 0 atom stereocenters. The topological polar surface area (TPSA) is 26.3 Å². The summed E-state index contributed by atoms with van der Waals surface area (Å²) in [6, 6.07) is 2.11. The molecule has 0 bridgehead atoms. The molecular formula is C12H9BrF2O2. The maximum atomic E-state index is 13.5. The van der Waals surface area contributed by atoms with Crippen LogP contribution in [0.3, 0.4) is 0 Å². The van der Waals surface area contributed by atoms with Crippen molar-refractivity contribution in [1.82, 2.24) is 0 Å². The third kappa shape index (κ3) is 2.54. The van der Waals surface area contributed by atoms with Crippen molar-refractivity contribution in [3.05, 3.63) is 45.6 Å². The smallest absolute Gasteiger partial charge is 0.233 e. The normalized spacial score (nSPS) is 15.1. The largest absolute Gasteiger partial charge is 0.490 e. The molecule has 2 rings (SSSR count). The molecule has 0 unspecified atom stereocenters. The van der Waals surface area contributed by atoms with Crippen molar-refractivity contribution in [3.8, 4) is 0 Å². The highest BCUT2D eigenvalue weighted by molar-refractivity contribution is 9.10. The van der Waals surface area contributed by atoms with Crippen molar-refractivity contribution in [3.63, 3.8) is 0 Å². The molecule has 1 aliphatic heterocycles. The van der Waals surface area contributed by atoms with Crippen LogP contribution < -0.4 is 0 Å². The van der Waals surface area contributed by atoms with Gasteiger partial charge in [-0.1, -0.05) is 15.9 Å². The summed E-state index contributed by atoms with van der Waals surface area (Å²) in [6.07, 6.45) is 3.05. The molecule has 1 aromatic rings. The third-order valence-corrected chi connectivity index (χ3v) is 2.85. The van der Waals surface area contributed by atoms with Gasteiger partial charge < -0.3 is 4.74 Å². The lowest BCUT2D eigenvalue weighted by Crippen LogP contribution is -2.14. The highest BCUT2D eigenvalue weighted by Crippen LogP contribution is 2.23. The van der Waals surface area contributed by atoms with Gasteiger partial charge in [-0.15, -0.1) is 0 Å². The number of carbonyl (C=O) groups is 1. The molecule has 5 heteroatoms. The number of hydrogen-bond donors (Lipinski definition) is 0. The van der Waals surface area contributed by atoms with Crippen LogP contribution in [0.25, 0.3) is 0 Å². The Morgan fingerprint density at radius 3 is 2.47 bits per heavy atom. The van der Waals surface area contributed by atoms with Crippen LogP contribution >= 0.6 is 15.9 Å². The lowest BCUT2D eigenvalue weighted by molar-refractivity contribution is 0.0891. The van der Waals surface area contributed by atoms with Crippen molar-refractivity contribution in [2.75, 3.05) is 6.61 Å². The van der Waals surface area contributed by atoms with Crippen LogP contribution in [-0.2, 0) is 4.74 Å². The maximum Gasteiger partial charge on any atom is 0.233 e. The minimum atomic E-state index is -0.892. The number of rotatable bonds is 2.